The molecule has 0 amide bonds. The lowest BCUT2D eigenvalue weighted by Crippen LogP contribution is -2.48. The van der Waals surface area contributed by atoms with Crippen LogP contribution in [0.2, 0.25) is 5.15 Å². The first-order valence-corrected chi connectivity index (χ1v) is 11.5. The first-order chi connectivity index (χ1) is 14.4. The van der Waals surface area contributed by atoms with Gasteiger partial charge in [-0.3, -0.25) is 4.90 Å². The molecule has 1 aliphatic rings. The van der Waals surface area contributed by atoms with Crippen molar-refractivity contribution >= 4 is 21.6 Å². The maximum Gasteiger partial charge on any atom is 0.243 e. The summed E-state index contributed by atoms with van der Waals surface area (Å²) in [5.41, 5.74) is 2.67. The minimum atomic E-state index is -3.70. The van der Waals surface area contributed by atoms with Crippen molar-refractivity contribution in [1.29, 1.82) is 0 Å². The summed E-state index contributed by atoms with van der Waals surface area (Å²) >= 11 is 6.61. The lowest BCUT2D eigenvalue weighted by atomic mass is 10.2. The van der Waals surface area contributed by atoms with Gasteiger partial charge in [-0.2, -0.15) is 9.40 Å². The Labute approximate surface area is 180 Å². The van der Waals surface area contributed by atoms with E-state index in [0.29, 0.717) is 37.9 Å². The maximum absolute atomic E-state index is 13.5. The average Bonchev–Trinajstić information content (AvgIpc) is 3.03. The van der Waals surface area contributed by atoms with Gasteiger partial charge in [-0.05, 0) is 37.3 Å². The highest BCUT2D eigenvalue weighted by Gasteiger charge is 2.29. The number of piperazine rings is 1. The summed E-state index contributed by atoms with van der Waals surface area (Å²) in [6.45, 7) is 4.29. The number of sulfonamides is 1. The fourth-order valence-electron chi connectivity index (χ4n) is 3.58. The van der Waals surface area contributed by atoms with Crippen LogP contribution >= 0.6 is 11.6 Å². The molecule has 1 aromatic heterocycles. The maximum atomic E-state index is 13.5. The van der Waals surface area contributed by atoms with Crippen molar-refractivity contribution in [2.75, 3.05) is 26.2 Å². The molecule has 0 spiro atoms. The van der Waals surface area contributed by atoms with E-state index < -0.39 is 15.8 Å². The number of hydrogen-bond donors (Lipinski definition) is 0. The van der Waals surface area contributed by atoms with Gasteiger partial charge in [-0.1, -0.05) is 35.9 Å². The van der Waals surface area contributed by atoms with Gasteiger partial charge in [-0.15, -0.1) is 0 Å². The molecule has 2 heterocycles. The molecule has 0 unspecified atom stereocenters. The third-order valence-electron chi connectivity index (χ3n) is 5.27. The zero-order chi connectivity index (χ0) is 21.3. The lowest BCUT2D eigenvalue weighted by molar-refractivity contribution is 0.181. The minimum absolute atomic E-state index is 0.0148. The normalized spacial score (nSPS) is 16.1. The predicted molar refractivity (Wildman–Crippen MR) is 114 cm³/mol. The first kappa shape index (κ1) is 21.0. The summed E-state index contributed by atoms with van der Waals surface area (Å²) < 4.78 is 42.1. The molecule has 2 aromatic carbocycles. The molecule has 4 rings (SSSR count). The Kier molecular flexibility index (Phi) is 5.92. The number of nitrogens with zero attached hydrogens (tertiary/aromatic N) is 4. The molecule has 30 heavy (non-hydrogen) atoms. The van der Waals surface area contributed by atoms with Gasteiger partial charge in [-0.25, -0.2) is 17.5 Å². The van der Waals surface area contributed by atoms with E-state index in [2.05, 4.69) is 10.00 Å². The van der Waals surface area contributed by atoms with E-state index in [1.165, 1.54) is 22.5 Å². The van der Waals surface area contributed by atoms with Crippen molar-refractivity contribution in [2.24, 2.45) is 0 Å². The fourth-order valence-corrected chi connectivity index (χ4v) is 5.37. The number of benzene rings is 2. The molecule has 0 bridgehead atoms. The molecule has 9 heteroatoms. The SMILES string of the molecule is Cc1nn(-c2ccccc2)c(Cl)c1CN1CCN(S(=O)(=O)c2cccc(F)c2)CC1. The van der Waals surface area contributed by atoms with Crippen LogP contribution in [-0.2, 0) is 16.6 Å². The third kappa shape index (κ3) is 4.13. The van der Waals surface area contributed by atoms with E-state index in [-0.39, 0.29) is 4.90 Å². The number of para-hydroxylation sites is 1. The molecule has 1 aliphatic heterocycles. The van der Waals surface area contributed by atoms with E-state index in [0.717, 1.165) is 23.0 Å². The van der Waals surface area contributed by atoms with Crippen LogP contribution in [0.25, 0.3) is 5.69 Å². The Morgan fingerprint density at radius 3 is 2.40 bits per heavy atom. The number of aryl methyl sites for hydroxylation is 1. The lowest BCUT2D eigenvalue weighted by Gasteiger charge is -2.34. The second-order valence-corrected chi connectivity index (χ2v) is 9.54. The molecule has 0 radical (unpaired) electrons. The molecule has 0 saturated carbocycles. The molecule has 0 atom stereocenters. The number of halogens is 2. The van der Waals surface area contributed by atoms with Gasteiger partial charge >= 0.3 is 0 Å². The Balaban J connectivity index is 1.45. The van der Waals surface area contributed by atoms with Crippen molar-refractivity contribution in [2.45, 2.75) is 18.4 Å². The van der Waals surface area contributed by atoms with Gasteiger partial charge in [0, 0.05) is 38.3 Å². The van der Waals surface area contributed by atoms with Crippen LogP contribution < -0.4 is 0 Å². The van der Waals surface area contributed by atoms with Crippen LogP contribution in [0.15, 0.2) is 59.5 Å². The van der Waals surface area contributed by atoms with Crippen molar-refractivity contribution in [3.05, 3.63) is 76.8 Å². The largest absolute Gasteiger partial charge is 0.296 e. The molecule has 158 valence electrons. The average molecular weight is 449 g/mol. The summed E-state index contributed by atoms with van der Waals surface area (Å²) in [6.07, 6.45) is 0. The summed E-state index contributed by atoms with van der Waals surface area (Å²) in [5, 5.41) is 5.13. The minimum Gasteiger partial charge on any atom is -0.296 e. The third-order valence-corrected chi connectivity index (χ3v) is 7.55. The molecule has 1 saturated heterocycles. The van der Waals surface area contributed by atoms with Crippen LogP contribution in [0.3, 0.4) is 0 Å². The van der Waals surface area contributed by atoms with Gasteiger partial charge in [0.05, 0.1) is 16.3 Å². The molecule has 3 aromatic rings. The van der Waals surface area contributed by atoms with Crippen LogP contribution in [0.1, 0.15) is 11.3 Å². The van der Waals surface area contributed by atoms with Crippen molar-refractivity contribution in [1.82, 2.24) is 19.0 Å². The fraction of sp³-hybridized carbons (Fsp3) is 0.286. The second kappa shape index (κ2) is 8.47. The number of rotatable bonds is 5. The molecule has 0 N–H and O–H groups in total. The van der Waals surface area contributed by atoms with Crippen LogP contribution in [0.4, 0.5) is 4.39 Å². The van der Waals surface area contributed by atoms with Crippen LogP contribution in [0.5, 0.6) is 0 Å². The van der Waals surface area contributed by atoms with Gasteiger partial charge in [0.15, 0.2) is 0 Å². The Morgan fingerprint density at radius 2 is 1.73 bits per heavy atom. The number of hydrogen-bond acceptors (Lipinski definition) is 4. The highest BCUT2D eigenvalue weighted by molar-refractivity contribution is 7.89. The topological polar surface area (TPSA) is 58.4 Å². The summed E-state index contributed by atoms with van der Waals surface area (Å²) in [7, 11) is -3.70. The molecule has 1 fully saturated rings. The zero-order valence-electron chi connectivity index (χ0n) is 16.5. The Bertz CT molecular complexity index is 1140. The first-order valence-electron chi connectivity index (χ1n) is 9.64. The Morgan fingerprint density at radius 1 is 1.03 bits per heavy atom. The monoisotopic (exact) mass is 448 g/mol. The molecular weight excluding hydrogens is 427 g/mol. The van der Waals surface area contributed by atoms with Gasteiger partial charge in [0.1, 0.15) is 11.0 Å². The van der Waals surface area contributed by atoms with Gasteiger partial charge < -0.3 is 0 Å². The van der Waals surface area contributed by atoms with Crippen molar-refractivity contribution in [3.63, 3.8) is 0 Å². The number of aromatic nitrogens is 2. The quantitative estimate of drug-likeness (QED) is 0.599. The summed E-state index contributed by atoms with van der Waals surface area (Å²) in [4.78, 5) is 2.14. The highest BCUT2D eigenvalue weighted by Crippen LogP contribution is 2.26. The standard InChI is InChI=1S/C21H22ClFN4O2S/c1-16-20(21(22)27(24-16)18-7-3-2-4-8-18)15-25-10-12-26(13-11-25)30(28,29)19-9-5-6-17(23)14-19/h2-9,14H,10-13,15H2,1H3. The molecule has 6 nitrogen and oxygen atoms in total. The van der Waals surface area contributed by atoms with Crippen molar-refractivity contribution < 1.29 is 12.8 Å². The van der Waals surface area contributed by atoms with E-state index in [9.17, 15) is 12.8 Å². The molecular formula is C21H22ClFN4O2S. The van der Waals surface area contributed by atoms with E-state index in [1.54, 1.807) is 4.68 Å². The predicted octanol–water partition coefficient (Wildman–Crippen LogP) is 3.48. The smallest absolute Gasteiger partial charge is 0.243 e. The summed E-state index contributed by atoms with van der Waals surface area (Å²) in [5.74, 6) is -0.560. The Hall–Kier alpha value is -2.26. The summed E-state index contributed by atoms with van der Waals surface area (Å²) in [6, 6.07) is 14.8. The highest BCUT2D eigenvalue weighted by atomic mass is 35.5. The van der Waals surface area contributed by atoms with Crippen LogP contribution in [-0.4, -0.2) is 53.6 Å². The molecule has 0 aliphatic carbocycles. The zero-order valence-corrected chi connectivity index (χ0v) is 18.1. The van der Waals surface area contributed by atoms with Crippen LogP contribution in [0, 0.1) is 12.7 Å². The van der Waals surface area contributed by atoms with E-state index in [1.807, 2.05) is 37.3 Å². The van der Waals surface area contributed by atoms with Gasteiger partial charge in [0.25, 0.3) is 0 Å². The second-order valence-electron chi connectivity index (χ2n) is 7.24. The van der Waals surface area contributed by atoms with E-state index in [4.69, 9.17) is 11.6 Å². The van der Waals surface area contributed by atoms with E-state index >= 15 is 0 Å². The van der Waals surface area contributed by atoms with Gasteiger partial charge in [0.2, 0.25) is 10.0 Å². The van der Waals surface area contributed by atoms with Crippen molar-refractivity contribution in [3.8, 4) is 5.69 Å².